The van der Waals surface area contributed by atoms with Crippen LogP contribution in [0.15, 0.2) is 76.5 Å². The first kappa shape index (κ1) is 19.5. The Labute approximate surface area is 161 Å². The molecule has 3 aromatic carbocycles. The molecule has 0 unspecified atom stereocenters. The Morgan fingerprint density at radius 2 is 1.26 bits per heavy atom. The predicted octanol–water partition coefficient (Wildman–Crippen LogP) is 4.17. The Bertz CT molecular complexity index is 1200. The third-order valence-corrected chi connectivity index (χ3v) is 6.09. The van der Waals surface area contributed by atoms with E-state index in [0.29, 0.717) is 21.7 Å². The number of hydrogen-bond donors (Lipinski definition) is 2. The van der Waals surface area contributed by atoms with E-state index in [-0.39, 0.29) is 5.56 Å². The summed E-state index contributed by atoms with van der Waals surface area (Å²) < 4.78 is 66.9. The van der Waals surface area contributed by atoms with Gasteiger partial charge in [-0.3, -0.25) is 9.11 Å². The van der Waals surface area contributed by atoms with Gasteiger partial charge in [-0.1, -0.05) is 60.1 Å². The summed E-state index contributed by atoms with van der Waals surface area (Å²) >= 11 is 5.90. The van der Waals surface area contributed by atoms with Gasteiger partial charge in [0.05, 0.1) is 0 Å². The number of benzene rings is 3. The normalized spacial score (nSPS) is 12.1. The molecule has 6 nitrogen and oxygen atoms in total. The summed E-state index contributed by atoms with van der Waals surface area (Å²) in [5, 5.41) is 0.463. The quantitative estimate of drug-likeness (QED) is 0.608. The van der Waals surface area contributed by atoms with Crippen LogP contribution in [0.25, 0.3) is 22.3 Å². The van der Waals surface area contributed by atoms with Gasteiger partial charge in [0, 0.05) is 10.6 Å². The molecule has 9 heteroatoms. The summed E-state index contributed by atoms with van der Waals surface area (Å²) in [6, 6.07) is 16.8. The molecule has 27 heavy (non-hydrogen) atoms. The van der Waals surface area contributed by atoms with Crippen LogP contribution < -0.4 is 0 Å². The molecule has 0 atom stereocenters. The van der Waals surface area contributed by atoms with Gasteiger partial charge >= 0.3 is 0 Å². The van der Waals surface area contributed by atoms with E-state index >= 15 is 0 Å². The minimum atomic E-state index is -5.00. The molecule has 0 heterocycles. The zero-order valence-corrected chi connectivity index (χ0v) is 16.0. The fraction of sp³-hybridized carbons (Fsp3) is 0. The molecular formula is C18H13ClO6S2. The van der Waals surface area contributed by atoms with E-state index in [4.69, 9.17) is 11.6 Å². The highest BCUT2D eigenvalue weighted by Gasteiger charge is 2.30. The van der Waals surface area contributed by atoms with Gasteiger partial charge in [0.15, 0.2) is 0 Å². The van der Waals surface area contributed by atoms with Crippen LogP contribution in [-0.2, 0) is 20.2 Å². The number of halogens is 1. The van der Waals surface area contributed by atoms with E-state index in [1.54, 1.807) is 54.6 Å². The minimum Gasteiger partial charge on any atom is -0.282 e. The second kappa shape index (κ2) is 7.06. The van der Waals surface area contributed by atoms with Crippen molar-refractivity contribution in [2.45, 2.75) is 9.79 Å². The maximum Gasteiger partial charge on any atom is 0.296 e. The molecular weight excluding hydrogens is 412 g/mol. The average Bonchev–Trinajstić information content (AvgIpc) is 2.60. The lowest BCUT2D eigenvalue weighted by Gasteiger charge is -2.16. The molecule has 0 radical (unpaired) electrons. The molecule has 0 saturated carbocycles. The molecule has 0 spiro atoms. The van der Waals surface area contributed by atoms with Crippen molar-refractivity contribution in [3.63, 3.8) is 0 Å². The van der Waals surface area contributed by atoms with Crippen molar-refractivity contribution in [2.24, 2.45) is 0 Å². The zero-order valence-electron chi connectivity index (χ0n) is 13.6. The number of hydrogen-bond acceptors (Lipinski definition) is 4. The van der Waals surface area contributed by atoms with E-state index < -0.39 is 30.0 Å². The average molecular weight is 425 g/mol. The Morgan fingerprint density at radius 1 is 0.667 bits per heavy atom. The molecule has 0 amide bonds. The first-order chi connectivity index (χ1) is 12.6. The molecule has 0 aliphatic heterocycles. The Balaban J connectivity index is 2.52. The van der Waals surface area contributed by atoms with Crippen LogP contribution in [0.1, 0.15) is 0 Å². The Kier molecular flexibility index (Phi) is 5.11. The molecule has 0 aliphatic carbocycles. The molecule has 2 N–H and O–H groups in total. The summed E-state index contributed by atoms with van der Waals surface area (Å²) in [5.74, 6) is 0. The van der Waals surface area contributed by atoms with Gasteiger partial charge in [-0.2, -0.15) is 16.8 Å². The standard InChI is InChI=1S/C18H13ClO6S2/c19-14-8-6-12(7-9-14)15-10-11-16(26(20,21)22)18(27(23,24)25)17(15)13-4-2-1-3-5-13/h1-11H,(H,20,21,22)(H,23,24,25). The molecule has 0 bridgehead atoms. The first-order valence-electron chi connectivity index (χ1n) is 7.52. The Morgan fingerprint density at radius 3 is 1.78 bits per heavy atom. The van der Waals surface area contributed by atoms with Crippen LogP contribution in [0.2, 0.25) is 5.02 Å². The Hall–Kier alpha value is -2.23. The van der Waals surface area contributed by atoms with Crippen LogP contribution in [0.4, 0.5) is 0 Å². The largest absolute Gasteiger partial charge is 0.296 e. The highest BCUT2D eigenvalue weighted by molar-refractivity contribution is 7.89. The van der Waals surface area contributed by atoms with Gasteiger partial charge in [-0.25, -0.2) is 0 Å². The molecule has 0 aliphatic rings. The molecule has 0 fully saturated rings. The summed E-state index contributed by atoms with van der Waals surface area (Å²) in [6.07, 6.45) is 0. The van der Waals surface area contributed by atoms with Crippen LogP contribution >= 0.6 is 11.6 Å². The first-order valence-corrected chi connectivity index (χ1v) is 10.8. The van der Waals surface area contributed by atoms with Crippen LogP contribution in [-0.4, -0.2) is 25.9 Å². The molecule has 3 aromatic rings. The van der Waals surface area contributed by atoms with Crippen molar-refractivity contribution in [1.82, 2.24) is 0 Å². The zero-order chi connectivity index (χ0) is 19.8. The third kappa shape index (κ3) is 4.05. The fourth-order valence-corrected chi connectivity index (χ4v) is 4.93. The van der Waals surface area contributed by atoms with E-state index in [1.165, 1.54) is 6.07 Å². The predicted molar refractivity (Wildman–Crippen MR) is 102 cm³/mol. The van der Waals surface area contributed by atoms with Gasteiger partial charge < -0.3 is 0 Å². The molecule has 3 rings (SSSR count). The van der Waals surface area contributed by atoms with Crippen LogP contribution in [0.5, 0.6) is 0 Å². The van der Waals surface area contributed by atoms with Gasteiger partial charge in [-0.05, 0) is 34.9 Å². The van der Waals surface area contributed by atoms with Crippen molar-refractivity contribution in [2.75, 3.05) is 0 Å². The summed E-state index contributed by atoms with van der Waals surface area (Å²) in [7, 11) is -9.91. The minimum absolute atomic E-state index is 0.0458. The summed E-state index contributed by atoms with van der Waals surface area (Å²) in [4.78, 5) is -1.79. The van der Waals surface area contributed by atoms with Crippen molar-refractivity contribution >= 4 is 31.8 Å². The summed E-state index contributed by atoms with van der Waals surface area (Å²) in [5.41, 5.74) is 1.19. The highest BCUT2D eigenvalue weighted by Crippen LogP contribution is 2.40. The lowest BCUT2D eigenvalue weighted by Crippen LogP contribution is -2.11. The molecule has 140 valence electrons. The smallest absolute Gasteiger partial charge is 0.282 e. The topological polar surface area (TPSA) is 109 Å². The van der Waals surface area contributed by atoms with Gasteiger partial charge in [0.25, 0.3) is 20.2 Å². The lowest BCUT2D eigenvalue weighted by molar-refractivity contribution is 0.467. The SMILES string of the molecule is O=S(=O)(O)c1ccc(-c2ccc(Cl)cc2)c(-c2ccccc2)c1S(=O)(=O)O. The van der Waals surface area contributed by atoms with E-state index in [1.807, 2.05) is 0 Å². The van der Waals surface area contributed by atoms with Gasteiger partial charge in [0.2, 0.25) is 0 Å². The van der Waals surface area contributed by atoms with E-state index in [2.05, 4.69) is 0 Å². The maximum atomic E-state index is 12.1. The highest BCUT2D eigenvalue weighted by atomic mass is 35.5. The van der Waals surface area contributed by atoms with Gasteiger partial charge in [0.1, 0.15) is 9.79 Å². The lowest BCUT2D eigenvalue weighted by atomic mass is 9.94. The van der Waals surface area contributed by atoms with Crippen molar-refractivity contribution in [1.29, 1.82) is 0 Å². The molecule has 0 saturated heterocycles. The maximum absolute atomic E-state index is 12.1. The van der Waals surface area contributed by atoms with Crippen molar-refractivity contribution in [3.05, 3.63) is 71.8 Å². The van der Waals surface area contributed by atoms with Gasteiger partial charge in [-0.15, -0.1) is 0 Å². The van der Waals surface area contributed by atoms with Crippen LogP contribution in [0.3, 0.4) is 0 Å². The second-order valence-corrected chi connectivity index (χ2v) is 8.82. The monoisotopic (exact) mass is 424 g/mol. The van der Waals surface area contributed by atoms with E-state index in [0.717, 1.165) is 6.07 Å². The second-order valence-electron chi connectivity index (χ2n) is 5.64. The molecule has 0 aromatic heterocycles. The third-order valence-electron chi connectivity index (χ3n) is 3.88. The van der Waals surface area contributed by atoms with Crippen molar-refractivity contribution < 1.29 is 25.9 Å². The number of rotatable bonds is 4. The fourth-order valence-electron chi connectivity index (χ4n) is 2.78. The summed E-state index contributed by atoms with van der Waals surface area (Å²) in [6.45, 7) is 0. The van der Waals surface area contributed by atoms with E-state index in [9.17, 15) is 25.9 Å². The van der Waals surface area contributed by atoms with Crippen LogP contribution in [0, 0.1) is 0 Å². The van der Waals surface area contributed by atoms with Crippen molar-refractivity contribution in [3.8, 4) is 22.3 Å².